The van der Waals surface area contributed by atoms with Gasteiger partial charge in [-0.05, 0) is 24.1 Å². The molecule has 25 heavy (non-hydrogen) atoms. The van der Waals surface area contributed by atoms with Crippen molar-refractivity contribution >= 4 is 30.0 Å². The van der Waals surface area contributed by atoms with Crippen molar-refractivity contribution in [3.05, 3.63) is 60.2 Å². The monoisotopic (exact) mass is 361 g/mol. The van der Waals surface area contributed by atoms with Gasteiger partial charge in [-0.3, -0.25) is 0 Å². The Morgan fingerprint density at radius 3 is 2.52 bits per heavy atom. The minimum absolute atomic E-state index is 0. The summed E-state index contributed by atoms with van der Waals surface area (Å²) >= 11 is 0. The first-order valence-electron chi connectivity index (χ1n) is 8.09. The summed E-state index contributed by atoms with van der Waals surface area (Å²) in [7, 11) is 0. The van der Waals surface area contributed by atoms with E-state index in [-0.39, 0.29) is 12.4 Å². The predicted molar refractivity (Wildman–Crippen MR) is 105 cm³/mol. The third kappa shape index (κ3) is 7.27. The summed E-state index contributed by atoms with van der Waals surface area (Å²) in [6.45, 7) is 2.49. The van der Waals surface area contributed by atoms with Crippen molar-refractivity contribution in [3.63, 3.8) is 0 Å². The van der Waals surface area contributed by atoms with Crippen LogP contribution in [0, 0.1) is 0 Å². The summed E-state index contributed by atoms with van der Waals surface area (Å²) in [6.07, 6.45) is 2.55. The number of benzene rings is 2. The first-order chi connectivity index (χ1) is 11.7. The number of ether oxygens (including phenoxy) is 1. The van der Waals surface area contributed by atoms with Crippen LogP contribution in [0.25, 0.3) is 0 Å². The van der Waals surface area contributed by atoms with Crippen LogP contribution in [0.15, 0.2) is 59.6 Å². The van der Waals surface area contributed by atoms with Gasteiger partial charge >= 0.3 is 6.03 Å². The zero-order valence-electron chi connectivity index (χ0n) is 14.3. The van der Waals surface area contributed by atoms with Crippen molar-refractivity contribution in [2.75, 3.05) is 5.32 Å². The van der Waals surface area contributed by atoms with E-state index in [0.29, 0.717) is 30.3 Å². The molecule has 134 valence electrons. The lowest BCUT2D eigenvalue weighted by molar-refractivity contribution is 0.259. The number of para-hydroxylation sites is 2. The minimum atomic E-state index is -0.487. The van der Waals surface area contributed by atoms with E-state index >= 15 is 0 Å². The van der Waals surface area contributed by atoms with Crippen LogP contribution in [-0.4, -0.2) is 11.9 Å². The lowest BCUT2D eigenvalue weighted by atomic mass is 10.2. The van der Waals surface area contributed by atoms with Gasteiger partial charge in [-0.1, -0.05) is 55.8 Å². The lowest BCUT2D eigenvalue weighted by Crippen LogP contribution is -2.17. The molecule has 2 rings (SSSR count). The Balaban J connectivity index is 0.00000312. The molecule has 6 heteroatoms. The van der Waals surface area contributed by atoms with Crippen molar-refractivity contribution in [1.82, 2.24) is 0 Å². The van der Waals surface area contributed by atoms with E-state index in [1.165, 1.54) is 0 Å². The number of amidine groups is 1. The molecule has 0 aliphatic heterocycles. The second kappa shape index (κ2) is 11.1. The van der Waals surface area contributed by atoms with Crippen molar-refractivity contribution in [1.29, 1.82) is 0 Å². The maximum Gasteiger partial charge on any atom is 0.347 e. The van der Waals surface area contributed by atoms with Gasteiger partial charge in [-0.15, -0.1) is 12.4 Å². The maximum atomic E-state index is 12.0. The molecule has 0 atom stereocenters. The van der Waals surface area contributed by atoms with Gasteiger partial charge in [0.05, 0.1) is 5.69 Å². The Hall–Kier alpha value is -2.53. The molecular formula is C19H24ClN3O2. The van der Waals surface area contributed by atoms with Crippen molar-refractivity contribution in [2.24, 2.45) is 10.7 Å². The quantitative estimate of drug-likeness (QED) is 0.551. The summed E-state index contributed by atoms with van der Waals surface area (Å²) in [4.78, 5) is 15.8. The molecule has 5 nitrogen and oxygen atoms in total. The molecule has 0 fully saturated rings. The standard InChI is InChI=1S/C19H23N3O2.ClH/c1-2-3-13-18(20)22-19(23)21-16-11-7-8-12-17(16)24-14-15-9-5-4-6-10-15;/h4-12H,2-3,13-14H2,1H3,(H3,20,21,22,23);1H. The molecule has 0 heterocycles. The van der Waals surface area contributed by atoms with Gasteiger partial charge < -0.3 is 15.8 Å². The Morgan fingerprint density at radius 1 is 1.12 bits per heavy atom. The number of nitrogens with two attached hydrogens (primary N) is 1. The van der Waals surface area contributed by atoms with E-state index in [9.17, 15) is 4.79 Å². The zero-order chi connectivity index (χ0) is 17.2. The second-order valence-electron chi connectivity index (χ2n) is 5.41. The highest BCUT2D eigenvalue weighted by Crippen LogP contribution is 2.24. The number of carbonyl (C=O) groups excluding carboxylic acids is 1. The number of hydrogen-bond donors (Lipinski definition) is 2. The Labute approximate surface area is 154 Å². The Bertz CT molecular complexity index is 690. The van der Waals surface area contributed by atoms with Gasteiger partial charge in [-0.25, -0.2) is 4.79 Å². The summed E-state index contributed by atoms with van der Waals surface area (Å²) in [6, 6.07) is 16.6. The van der Waals surface area contributed by atoms with Crippen molar-refractivity contribution in [3.8, 4) is 5.75 Å². The van der Waals surface area contributed by atoms with Crippen molar-refractivity contribution in [2.45, 2.75) is 32.8 Å². The molecule has 0 saturated carbocycles. The van der Waals surface area contributed by atoms with Crippen molar-refractivity contribution < 1.29 is 9.53 Å². The highest BCUT2D eigenvalue weighted by Gasteiger charge is 2.07. The number of carbonyl (C=O) groups is 1. The third-order valence-electron chi connectivity index (χ3n) is 3.40. The number of nitrogens with one attached hydrogen (secondary N) is 1. The van der Waals surface area contributed by atoms with Crippen LogP contribution in [0.2, 0.25) is 0 Å². The Kier molecular flexibility index (Phi) is 9.11. The van der Waals surface area contributed by atoms with Gasteiger partial charge in [0.1, 0.15) is 18.2 Å². The molecule has 0 unspecified atom stereocenters. The molecule has 0 spiro atoms. The smallest absolute Gasteiger partial charge is 0.347 e. The first kappa shape index (κ1) is 20.5. The van der Waals surface area contributed by atoms with Crippen LogP contribution < -0.4 is 15.8 Å². The van der Waals surface area contributed by atoms with Gasteiger partial charge in [-0.2, -0.15) is 4.99 Å². The van der Waals surface area contributed by atoms with Crippen LogP contribution in [0.5, 0.6) is 5.75 Å². The number of rotatable bonds is 7. The molecule has 0 radical (unpaired) electrons. The average Bonchev–Trinajstić information content (AvgIpc) is 2.60. The van der Waals surface area contributed by atoms with Gasteiger partial charge in [0.15, 0.2) is 0 Å². The fourth-order valence-corrected chi connectivity index (χ4v) is 2.12. The first-order valence-corrected chi connectivity index (χ1v) is 8.09. The van der Waals surface area contributed by atoms with Crippen LogP contribution in [-0.2, 0) is 6.61 Å². The molecule has 0 aliphatic rings. The molecular weight excluding hydrogens is 338 g/mol. The van der Waals surface area contributed by atoms with Crippen LogP contribution >= 0.6 is 12.4 Å². The predicted octanol–water partition coefficient (Wildman–Crippen LogP) is 4.77. The molecule has 2 amide bonds. The number of hydrogen-bond acceptors (Lipinski definition) is 2. The van der Waals surface area contributed by atoms with E-state index in [2.05, 4.69) is 17.2 Å². The van der Waals surface area contributed by atoms with Gasteiger partial charge in [0.25, 0.3) is 0 Å². The highest BCUT2D eigenvalue weighted by atomic mass is 35.5. The van der Waals surface area contributed by atoms with E-state index in [1.807, 2.05) is 48.5 Å². The number of aliphatic imine (C=N–C) groups is 1. The summed E-state index contributed by atoms with van der Waals surface area (Å²) in [5, 5.41) is 2.72. The highest BCUT2D eigenvalue weighted by molar-refractivity contribution is 6.00. The summed E-state index contributed by atoms with van der Waals surface area (Å²) in [5.74, 6) is 0.939. The SMILES string of the molecule is CCCCC(N)=NC(=O)Nc1ccccc1OCc1ccccc1.Cl. The molecule has 0 bridgehead atoms. The Morgan fingerprint density at radius 2 is 1.80 bits per heavy atom. The largest absolute Gasteiger partial charge is 0.487 e. The van der Waals surface area contributed by atoms with Gasteiger partial charge in [0, 0.05) is 6.42 Å². The molecule has 3 N–H and O–H groups in total. The molecule has 2 aromatic carbocycles. The maximum absolute atomic E-state index is 12.0. The second-order valence-corrected chi connectivity index (χ2v) is 5.41. The van der Waals surface area contributed by atoms with Crippen LogP contribution in [0.1, 0.15) is 31.7 Å². The van der Waals surface area contributed by atoms with Gasteiger partial charge in [0.2, 0.25) is 0 Å². The number of unbranched alkanes of at least 4 members (excludes halogenated alkanes) is 1. The number of anilines is 1. The van der Waals surface area contributed by atoms with E-state index in [1.54, 1.807) is 6.07 Å². The van der Waals surface area contributed by atoms with E-state index in [4.69, 9.17) is 10.5 Å². The van der Waals surface area contributed by atoms with E-state index in [0.717, 1.165) is 18.4 Å². The lowest BCUT2D eigenvalue weighted by Gasteiger charge is -2.11. The number of halogens is 1. The molecule has 0 saturated heterocycles. The number of amides is 2. The van der Waals surface area contributed by atoms with Crippen LogP contribution in [0.4, 0.5) is 10.5 Å². The zero-order valence-corrected chi connectivity index (χ0v) is 15.1. The average molecular weight is 362 g/mol. The third-order valence-corrected chi connectivity index (χ3v) is 3.40. The molecule has 0 aliphatic carbocycles. The number of urea groups is 1. The van der Waals surface area contributed by atoms with Crippen LogP contribution in [0.3, 0.4) is 0 Å². The summed E-state index contributed by atoms with van der Waals surface area (Å²) in [5.41, 5.74) is 7.38. The fraction of sp³-hybridized carbons (Fsp3) is 0.263. The number of nitrogens with zero attached hydrogens (tertiary/aromatic N) is 1. The molecule has 0 aromatic heterocycles. The fourth-order valence-electron chi connectivity index (χ4n) is 2.12. The normalized spacial score (nSPS) is 10.7. The topological polar surface area (TPSA) is 76.7 Å². The minimum Gasteiger partial charge on any atom is -0.487 e. The van der Waals surface area contributed by atoms with E-state index < -0.39 is 6.03 Å². The molecule has 2 aromatic rings. The summed E-state index contributed by atoms with van der Waals surface area (Å²) < 4.78 is 5.80.